The summed E-state index contributed by atoms with van der Waals surface area (Å²) >= 11 is 0. The molecule has 0 aliphatic carbocycles. The fourth-order valence-corrected chi connectivity index (χ4v) is 2.74. The lowest BCUT2D eigenvalue weighted by molar-refractivity contribution is 0.731. The summed E-state index contributed by atoms with van der Waals surface area (Å²) < 4.78 is 0. The van der Waals surface area contributed by atoms with Crippen LogP contribution in [-0.4, -0.2) is 0 Å². The first kappa shape index (κ1) is 17.6. The van der Waals surface area contributed by atoms with E-state index in [1.807, 2.05) is 49.4 Å². The second-order valence-corrected chi connectivity index (χ2v) is 6.15. The van der Waals surface area contributed by atoms with E-state index in [0.29, 0.717) is 5.92 Å². The molecule has 2 nitrogen and oxygen atoms in total. The minimum atomic E-state index is 0.376. The average Bonchev–Trinajstić information content (AvgIpc) is 2.60. The average molecular weight is 316 g/mol. The van der Waals surface area contributed by atoms with Crippen molar-refractivity contribution in [3.63, 3.8) is 0 Å². The zero-order valence-electron chi connectivity index (χ0n) is 14.7. The molecule has 2 aromatic carbocycles. The Morgan fingerprint density at radius 1 is 1.17 bits per heavy atom. The molecular formula is C22H24N2. The van der Waals surface area contributed by atoms with Crippen LogP contribution in [0.15, 0.2) is 55.6 Å². The third-order valence-electron chi connectivity index (χ3n) is 4.32. The van der Waals surface area contributed by atoms with Gasteiger partial charge < -0.3 is 5.32 Å². The van der Waals surface area contributed by atoms with Crippen LogP contribution in [-0.2, 0) is 0 Å². The fraction of sp³-hybridized carbons (Fsp3) is 0.227. The van der Waals surface area contributed by atoms with Crippen LogP contribution in [0.1, 0.15) is 55.4 Å². The molecule has 0 aliphatic rings. The predicted octanol–water partition coefficient (Wildman–Crippen LogP) is 6.19. The SMILES string of the molecule is C=C(C)c1ccccc1C(=C)Nc1ccc(C(C)CC)c(C#N)c1. The Morgan fingerprint density at radius 2 is 1.83 bits per heavy atom. The van der Waals surface area contributed by atoms with Crippen LogP contribution < -0.4 is 5.32 Å². The number of allylic oxidation sites excluding steroid dienone is 1. The summed E-state index contributed by atoms with van der Waals surface area (Å²) in [5, 5.41) is 12.8. The highest BCUT2D eigenvalue weighted by molar-refractivity contribution is 5.83. The maximum absolute atomic E-state index is 9.44. The van der Waals surface area contributed by atoms with E-state index in [9.17, 15) is 5.26 Å². The molecule has 2 aromatic rings. The third-order valence-corrected chi connectivity index (χ3v) is 4.32. The first-order chi connectivity index (χ1) is 11.5. The lowest BCUT2D eigenvalue weighted by atomic mass is 9.93. The Hall–Kier alpha value is -2.79. The van der Waals surface area contributed by atoms with Gasteiger partial charge in [-0.25, -0.2) is 0 Å². The maximum atomic E-state index is 9.44. The quantitative estimate of drug-likeness (QED) is 0.690. The van der Waals surface area contributed by atoms with Crippen LogP contribution in [0.4, 0.5) is 5.69 Å². The summed E-state index contributed by atoms with van der Waals surface area (Å²) in [6, 6.07) is 16.3. The van der Waals surface area contributed by atoms with Gasteiger partial charge in [-0.05, 0) is 42.5 Å². The highest BCUT2D eigenvalue weighted by Crippen LogP contribution is 2.28. The molecule has 0 aromatic heterocycles. The van der Waals surface area contributed by atoms with Crippen molar-refractivity contribution in [2.45, 2.75) is 33.1 Å². The van der Waals surface area contributed by atoms with E-state index in [4.69, 9.17) is 0 Å². The molecular weight excluding hydrogens is 292 g/mol. The normalized spacial score (nSPS) is 11.4. The van der Waals surface area contributed by atoms with Gasteiger partial charge in [-0.2, -0.15) is 5.26 Å². The number of benzene rings is 2. The first-order valence-corrected chi connectivity index (χ1v) is 8.23. The van der Waals surface area contributed by atoms with Crippen molar-refractivity contribution < 1.29 is 0 Å². The second kappa shape index (κ2) is 7.66. The highest BCUT2D eigenvalue weighted by atomic mass is 14.9. The smallest absolute Gasteiger partial charge is 0.0995 e. The maximum Gasteiger partial charge on any atom is 0.0995 e. The van der Waals surface area contributed by atoms with E-state index in [-0.39, 0.29) is 0 Å². The van der Waals surface area contributed by atoms with Gasteiger partial charge in [-0.1, -0.05) is 62.9 Å². The Morgan fingerprint density at radius 3 is 2.42 bits per heavy atom. The number of hydrogen-bond acceptors (Lipinski definition) is 2. The summed E-state index contributed by atoms with van der Waals surface area (Å²) in [7, 11) is 0. The Labute approximate surface area is 145 Å². The molecule has 2 heteroatoms. The van der Waals surface area contributed by atoms with Crippen LogP contribution in [0.3, 0.4) is 0 Å². The largest absolute Gasteiger partial charge is 0.355 e. The molecule has 0 heterocycles. The molecule has 0 aliphatic heterocycles. The van der Waals surface area contributed by atoms with Gasteiger partial charge in [0.1, 0.15) is 0 Å². The first-order valence-electron chi connectivity index (χ1n) is 8.23. The van der Waals surface area contributed by atoms with Crippen LogP contribution in [0.25, 0.3) is 11.3 Å². The standard InChI is InChI=1S/C22H24N2/c1-6-16(4)21-12-11-19(13-18(21)14-23)24-17(5)22-10-8-7-9-20(22)15(2)3/h7-13,16,24H,2,5-6H2,1,3-4H3. The molecule has 0 fully saturated rings. The molecule has 2 rings (SSSR count). The van der Waals surface area contributed by atoms with Gasteiger partial charge in [-0.3, -0.25) is 0 Å². The molecule has 0 saturated heterocycles. The molecule has 0 spiro atoms. The Balaban J connectivity index is 2.31. The molecule has 0 radical (unpaired) electrons. The number of hydrogen-bond donors (Lipinski definition) is 1. The van der Waals surface area contributed by atoms with Crippen molar-refractivity contribution in [1.82, 2.24) is 0 Å². The van der Waals surface area contributed by atoms with E-state index in [1.165, 1.54) is 0 Å². The summed E-state index contributed by atoms with van der Waals surface area (Å²) in [5.41, 5.74) is 6.59. The number of anilines is 1. The molecule has 0 bridgehead atoms. The van der Waals surface area contributed by atoms with Gasteiger partial charge in [0.15, 0.2) is 0 Å². The van der Waals surface area contributed by atoms with Gasteiger partial charge in [0, 0.05) is 16.9 Å². The number of nitrogens with zero attached hydrogens (tertiary/aromatic N) is 1. The topological polar surface area (TPSA) is 35.8 Å². The van der Waals surface area contributed by atoms with Crippen molar-refractivity contribution in [3.8, 4) is 6.07 Å². The van der Waals surface area contributed by atoms with E-state index in [1.54, 1.807) is 0 Å². The van der Waals surface area contributed by atoms with Crippen molar-refractivity contribution in [2.75, 3.05) is 5.32 Å². The van der Waals surface area contributed by atoms with Crippen molar-refractivity contribution in [2.24, 2.45) is 0 Å². The number of nitriles is 1. The summed E-state index contributed by atoms with van der Waals surface area (Å²) in [4.78, 5) is 0. The minimum absolute atomic E-state index is 0.376. The van der Waals surface area contributed by atoms with Gasteiger partial charge in [0.2, 0.25) is 0 Å². The lowest BCUT2D eigenvalue weighted by Gasteiger charge is -2.16. The Bertz CT molecular complexity index is 809. The number of rotatable bonds is 6. The van der Waals surface area contributed by atoms with Crippen molar-refractivity contribution in [3.05, 3.63) is 77.9 Å². The second-order valence-electron chi connectivity index (χ2n) is 6.15. The van der Waals surface area contributed by atoms with Crippen LogP contribution in [0.2, 0.25) is 0 Å². The molecule has 0 saturated carbocycles. The zero-order valence-corrected chi connectivity index (χ0v) is 14.7. The molecule has 1 atom stereocenters. The van der Waals surface area contributed by atoms with Crippen LogP contribution in [0, 0.1) is 11.3 Å². The van der Waals surface area contributed by atoms with Crippen molar-refractivity contribution in [1.29, 1.82) is 5.26 Å². The lowest BCUT2D eigenvalue weighted by Crippen LogP contribution is -2.02. The summed E-state index contributed by atoms with van der Waals surface area (Å²) in [6.45, 7) is 14.5. The molecule has 1 unspecified atom stereocenters. The summed E-state index contributed by atoms with van der Waals surface area (Å²) in [6.07, 6.45) is 1.01. The van der Waals surface area contributed by atoms with Gasteiger partial charge in [0.05, 0.1) is 11.6 Å². The fourth-order valence-electron chi connectivity index (χ4n) is 2.74. The van der Waals surface area contributed by atoms with E-state index in [2.05, 4.69) is 38.4 Å². The summed E-state index contributed by atoms with van der Waals surface area (Å²) in [5.74, 6) is 0.376. The number of nitrogens with one attached hydrogen (secondary N) is 1. The van der Waals surface area contributed by atoms with E-state index in [0.717, 1.165) is 45.6 Å². The zero-order chi connectivity index (χ0) is 17.7. The third kappa shape index (κ3) is 3.75. The van der Waals surface area contributed by atoms with Crippen molar-refractivity contribution >= 4 is 17.0 Å². The van der Waals surface area contributed by atoms with Gasteiger partial charge >= 0.3 is 0 Å². The molecule has 122 valence electrons. The van der Waals surface area contributed by atoms with Crippen LogP contribution >= 0.6 is 0 Å². The predicted molar refractivity (Wildman–Crippen MR) is 104 cm³/mol. The van der Waals surface area contributed by atoms with E-state index < -0.39 is 0 Å². The molecule has 24 heavy (non-hydrogen) atoms. The van der Waals surface area contributed by atoms with Gasteiger partial charge in [-0.15, -0.1) is 0 Å². The van der Waals surface area contributed by atoms with E-state index >= 15 is 0 Å². The highest BCUT2D eigenvalue weighted by Gasteiger charge is 2.11. The molecule has 0 amide bonds. The van der Waals surface area contributed by atoms with Crippen LogP contribution in [0.5, 0.6) is 0 Å². The monoisotopic (exact) mass is 316 g/mol. The molecule has 1 N–H and O–H groups in total. The van der Waals surface area contributed by atoms with Gasteiger partial charge in [0.25, 0.3) is 0 Å². The Kier molecular flexibility index (Phi) is 5.60. The minimum Gasteiger partial charge on any atom is -0.355 e.